The molecule has 3 N–H and O–H groups in total. The van der Waals surface area contributed by atoms with Crippen molar-refractivity contribution in [2.24, 2.45) is 5.73 Å². The molecule has 5 nitrogen and oxygen atoms in total. The Balaban J connectivity index is 3.10. The van der Waals surface area contributed by atoms with Gasteiger partial charge in [0.05, 0.1) is 13.0 Å². The number of nitrogens with two attached hydrogens (primary N) is 1. The molecular formula is C11H14F2N2O3. The molecule has 1 aromatic rings. The molecule has 0 aliphatic carbocycles. The number of H-pyrrole nitrogens is 1. The van der Waals surface area contributed by atoms with Crippen LogP contribution in [0.4, 0.5) is 8.78 Å². The highest BCUT2D eigenvalue weighted by Crippen LogP contribution is 2.21. The predicted octanol–water partition coefficient (Wildman–Crippen LogP) is 0.877. The Kier molecular flexibility index (Phi) is 4.96. The molecule has 0 atom stereocenters. The van der Waals surface area contributed by atoms with E-state index in [1.54, 1.807) is 6.92 Å². The number of aromatic amines is 1. The highest BCUT2D eigenvalue weighted by atomic mass is 19.3. The lowest BCUT2D eigenvalue weighted by Gasteiger charge is -2.09. The van der Waals surface area contributed by atoms with Crippen LogP contribution in [0, 0.1) is 0 Å². The van der Waals surface area contributed by atoms with Gasteiger partial charge in [-0.3, -0.25) is 9.59 Å². The second-order valence-electron chi connectivity index (χ2n) is 3.54. The third-order valence-electron chi connectivity index (χ3n) is 2.31. The minimum Gasteiger partial charge on any atom is -0.466 e. The first-order valence-electron chi connectivity index (χ1n) is 5.38. The summed E-state index contributed by atoms with van der Waals surface area (Å²) >= 11 is 0. The van der Waals surface area contributed by atoms with Crippen LogP contribution < -0.4 is 11.3 Å². The van der Waals surface area contributed by atoms with Gasteiger partial charge in [-0.2, -0.15) is 0 Å². The molecule has 0 spiro atoms. The number of alkyl halides is 2. The first-order valence-corrected chi connectivity index (χ1v) is 5.38. The molecule has 0 saturated heterocycles. The third-order valence-corrected chi connectivity index (χ3v) is 2.31. The molecule has 0 saturated carbocycles. The van der Waals surface area contributed by atoms with E-state index in [0.717, 1.165) is 6.07 Å². The number of aromatic nitrogens is 1. The SMILES string of the molecule is CCOC(=O)Cc1cc(C(F)F)c(CN)[nH]c1=O. The van der Waals surface area contributed by atoms with Gasteiger partial charge in [0.25, 0.3) is 12.0 Å². The lowest BCUT2D eigenvalue weighted by Crippen LogP contribution is -2.22. The molecule has 0 amide bonds. The van der Waals surface area contributed by atoms with Gasteiger partial charge in [0.15, 0.2) is 0 Å². The van der Waals surface area contributed by atoms with Crippen molar-refractivity contribution in [3.05, 3.63) is 33.2 Å². The summed E-state index contributed by atoms with van der Waals surface area (Å²) in [4.78, 5) is 25.0. The number of pyridine rings is 1. The summed E-state index contributed by atoms with van der Waals surface area (Å²) in [5, 5.41) is 0. The zero-order valence-electron chi connectivity index (χ0n) is 9.83. The second-order valence-corrected chi connectivity index (χ2v) is 3.54. The van der Waals surface area contributed by atoms with Crippen LogP contribution in [0.3, 0.4) is 0 Å². The number of ether oxygens (including phenoxy) is 1. The normalized spacial score (nSPS) is 10.7. The number of hydrogen-bond donors (Lipinski definition) is 2. The zero-order valence-corrected chi connectivity index (χ0v) is 9.83. The van der Waals surface area contributed by atoms with Gasteiger partial charge in [-0.15, -0.1) is 0 Å². The molecular weight excluding hydrogens is 246 g/mol. The van der Waals surface area contributed by atoms with Crippen molar-refractivity contribution < 1.29 is 18.3 Å². The summed E-state index contributed by atoms with van der Waals surface area (Å²) in [7, 11) is 0. The van der Waals surface area contributed by atoms with Crippen molar-refractivity contribution >= 4 is 5.97 Å². The lowest BCUT2D eigenvalue weighted by molar-refractivity contribution is -0.142. The van der Waals surface area contributed by atoms with Crippen molar-refractivity contribution in [3.63, 3.8) is 0 Å². The maximum absolute atomic E-state index is 12.7. The molecule has 1 aromatic heterocycles. The minimum absolute atomic E-state index is 0.0254. The van der Waals surface area contributed by atoms with Crippen LogP contribution >= 0.6 is 0 Å². The van der Waals surface area contributed by atoms with Crippen molar-refractivity contribution in [3.8, 4) is 0 Å². The molecule has 0 radical (unpaired) electrons. The Hall–Kier alpha value is -1.76. The number of halogens is 2. The van der Waals surface area contributed by atoms with Gasteiger partial charge < -0.3 is 15.5 Å². The van der Waals surface area contributed by atoms with E-state index in [1.165, 1.54) is 0 Å². The van der Waals surface area contributed by atoms with Crippen LogP contribution in [0.15, 0.2) is 10.9 Å². The summed E-state index contributed by atoms with van der Waals surface area (Å²) in [6.45, 7) is 1.58. The van der Waals surface area contributed by atoms with E-state index in [9.17, 15) is 18.4 Å². The highest BCUT2D eigenvalue weighted by Gasteiger charge is 2.17. The van der Waals surface area contributed by atoms with Gasteiger partial charge in [0, 0.05) is 23.4 Å². The van der Waals surface area contributed by atoms with E-state index in [4.69, 9.17) is 5.73 Å². The maximum atomic E-state index is 12.7. The Morgan fingerprint density at radius 3 is 2.72 bits per heavy atom. The largest absolute Gasteiger partial charge is 0.466 e. The quantitative estimate of drug-likeness (QED) is 0.769. The van der Waals surface area contributed by atoms with Crippen LogP contribution in [0.25, 0.3) is 0 Å². The molecule has 0 aromatic carbocycles. The van der Waals surface area contributed by atoms with E-state index in [0.29, 0.717) is 0 Å². The number of rotatable bonds is 5. The average Bonchev–Trinajstić information content (AvgIpc) is 2.31. The summed E-state index contributed by atoms with van der Waals surface area (Å²) in [5.41, 5.74) is 4.21. The van der Waals surface area contributed by atoms with Gasteiger partial charge in [-0.25, -0.2) is 8.78 Å². The van der Waals surface area contributed by atoms with E-state index in [1.807, 2.05) is 0 Å². The standard InChI is InChI=1S/C11H14F2N2O3/c1-2-18-9(16)4-6-3-7(10(12)13)8(5-14)15-11(6)17/h3,10H,2,4-5,14H2,1H3,(H,15,17). The monoisotopic (exact) mass is 260 g/mol. The summed E-state index contributed by atoms with van der Waals surface area (Å²) < 4.78 is 30.1. The van der Waals surface area contributed by atoms with Crippen LogP contribution in [0.5, 0.6) is 0 Å². The molecule has 0 unspecified atom stereocenters. The highest BCUT2D eigenvalue weighted by molar-refractivity contribution is 5.72. The summed E-state index contributed by atoms with van der Waals surface area (Å²) in [6.07, 6.45) is -3.10. The molecule has 0 aliphatic heterocycles. The molecule has 0 aliphatic rings. The Morgan fingerprint density at radius 1 is 1.56 bits per heavy atom. The van der Waals surface area contributed by atoms with Crippen molar-refractivity contribution in [1.82, 2.24) is 4.98 Å². The zero-order chi connectivity index (χ0) is 13.7. The maximum Gasteiger partial charge on any atom is 0.310 e. The first kappa shape index (κ1) is 14.3. The first-order chi connectivity index (χ1) is 8.49. The molecule has 1 heterocycles. The van der Waals surface area contributed by atoms with Gasteiger partial charge in [-0.05, 0) is 13.0 Å². The van der Waals surface area contributed by atoms with E-state index >= 15 is 0 Å². The predicted molar refractivity (Wildman–Crippen MR) is 60.2 cm³/mol. The topological polar surface area (TPSA) is 85.2 Å². The number of carbonyl (C=O) groups is 1. The van der Waals surface area contributed by atoms with Crippen molar-refractivity contribution in [1.29, 1.82) is 0 Å². The average molecular weight is 260 g/mol. The van der Waals surface area contributed by atoms with Crippen LogP contribution in [0.1, 0.15) is 30.2 Å². The molecule has 100 valence electrons. The minimum atomic E-state index is -2.76. The van der Waals surface area contributed by atoms with Gasteiger partial charge >= 0.3 is 5.97 Å². The lowest BCUT2D eigenvalue weighted by atomic mass is 10.1. The molecule has 18 heavy (non-hydrogen) atoms. The number of esters is 1. The van der Waals surface area contributed by atoms with Gasteiger partial charge in [-0.1, -0.05) is 0 Å². The molecule has 7 heteroatoms. The Morgan fingerprint density at radius 2 is 2.22 bits per heavy atom. The van der Waals surface area contributed by atoms with Crippen molar-refractivity contribution in [2.75, 3.05) is 6.61 Å². The fourth-order valence-electron chi connectivity index (χ4n) is 1.49. The molecule has 0 bridgehead atoms. The smallest absolute Gasteiger partial charge is 0.310 e. The van der Waals surface area contributed by atoms with Gasteiger partial charge in [0.2, 0.25) is 0 Å². The van der Waals surface area contributed by atoms with Crippen LogP contribution in [-0.4, -0.2) is 17.6 Å². The molecule has 0 fully saturated rings. The van der Waals surface area contributed by atoms with Crippen molar-refractivity contribution in [2.45, 2.75) is 26.3 Å². The van der Waals surface area contributed by atoms with Gasteiger partial charge in [0.1, 0.15) is 0 Å². The number of hydrogen-bond acceptors (Lipinski definition) is 4. The Bertz CT molecular complexity index is 486. The third kappa shape index (κ3) is 3.36. The van der Waals surface area contributed by atoms with Crippen LogP contribution in [0.2, 0.25) is 0 Å². The number of nitrogens with one attached hydrogen (secondary N) is 1. The molecule has 1 rings (SSSR count). The summed E-state index contributed by atoms with van der Waals surface area (Å²) in [5.74, 6) is -0.635. The van der Waals surface area contributed by atoms with E-state index < -0.39 is 18.0 Å². The Labute approximate surface area is 102 Å². The summed E-state index contributed by atoms with van der Waals surface area (Å²) in [6, 6.07) is 1.00. The second kappa shape index (κ2) is 6.25. The van der Waals surface area contributed by atoms with Crippen LogP contribution in [-0.2, 0) is 22.5 Å². The van der Waals surface area contributed by atoms with E-state index in [-0.39, 0.29) is 36.4 Å². The van der Waals surface area contributed by atoms with E-state index in [2.05, 4.69) is 9.72 Å². The fraction of sp³-hybridized carbons (Fsp3) is 0.455. The fourth-order valence-corrected chi connectivity index (χ4v) is 1.49. The number of carbonyl (C=O) groups excluding carboxylic acids is 1.